The van der Waals surface area contributed by atoms with Crippen LogP contribution < -0.4 is 5.56 Å². The minimum absolute atomic E-state index is 0.0263. The molecule has 12 aromatic rings. The second kappa shape index (κ2) is 11.7. The van der Waals surface area contributed by atoms with Crippen LogP contribution in [0.4, 0.5) is 0 Å². The Balaban J connectivity index is 1.05. The Bertz CT molecular complexity index is 3600. The van der Waals surface area contributed by atoms with Crippen molar-refractivity contribution in [1.29, 1.82) is 0 Å². The fourth-order valence-electron chi connectivity index (χ4n) is 9.08. The summed E-state index contributed by atoms with van der Waals surface area (Å²) >= 11 is 0. The van der Waals surface area contributed by atoms with Crippen LogP contribution in [0.15, 0.2) is 199 Å². The summed E-state index contributed by atoms with van der Waals surface area (Å²) in [6, 6.07) is 68.3. The van der Waals surface area contributed by atoms with Gasteiger partial charge in [0.1, 0.15) is 5.65 Å². The number of hydrogen-bond acceptors (Lipinski definition) is 1. The Morgan fingerprint density at radius 3 is 1.38 bits per heavy atom. The Morgan fingerprint density at radius 2 is 0.768 bits per heavy atom. The van der Waals surface area contributed by atoms with E-state index in [2.05, 4.69) is 153 Å². The third kappa shape index (κ3) is 4.34. The average Bonchev–Trinajstić information content (AvgIpc) is 3.91. The molecule has 0 atom stereocenters. The van der Waals surface area contributed by atoms with Crippen LogP contribution in [0.2, 0.25) is 0 Å². The summed E-state index contributed by atoms with van der Waals surface area (Å²) in [6.45, 7) is 0. The number of rotatable bonds is 4. The minimum Gasteiger partial charge on any atom is -0.309 e. The maximum absolute atomic E-state index is 14.0. The molecule has 0 aliphatic rings. The standard InChI is InChI=1S/C51H32N4O/c56-51-41-19-9-12-22-47(41)55-44-28-25-38(29-35(44)32-50(55)54(51)37-15-5-2-6-16-37)53-46-21-11-8-18-40(46)43-31-34(24-27-49(43)53)33-23-26-48-42(30-33)39-17-7-10-20-45(39)52(48)36-13-3-1-4-14-36/h1-32H. The van der Waals surface area contributed by atoms with Crippen molar-refractivity contribution in [3.8, 4) is 28.2 Å². The molecule has 4 aromatic heterocycles. The topological polar surface area (TPSA) is 36.3 Å². The van der Waals surface area contributed by atoms with Crippen LogP contribution in [0.25, 0.3) is 99.3 Å². The molecule has 0 saturated carbocycles. The van der Waals surface area contributed by atoms with Gasteiger partial charge in [0.25, 0.3) is 5.56 Å². The van der Waals surface area contributed by atoms with Crippen molar-refractivity contribution >= 4 is 71.1 Å². The summed E-state index contributed by atoms with van der Waals surface area (Å²) in [5.41, 5.74) is 12.9. The second-order valence-electron chi connectivity index (χ2n) is 14.6. The molecule has 0 N–H and O–H groups in total. The van der Waals surface area contributed by atoms with Crippen LogP contribution in [-0.2, 0) is 0 Å². The van der Waals surface area contributed by atoms with Crippen LogP contribution in [-0.4, -0.2) is 18.1 Å². The summed E-state index contributed by atoms with van der Waals surface area (Å²) in [5, 5.41) is 6.64. The quantitative estimate of drug-likeness (QED) is 0.179. The van der Waals surface area contributed by atoms with E-state index in [1.807, 2.05) is 59.2 Å². The highest BCUT2D eigenvalue weighted by molar-refractivity contribution is 6.13. The van der Waals surface area contributed by atoms with E-state index < -0.39 is 0 Å². The van der Waals surface area contributed by atoms with Crippen LogP contribution in [0.3, 0.4) is 0 Å². The molecule has 8 aromatic carbocycles. The fourth-order valence-corrected chi connectivity index (χ4v) is 9.08. The molecule has 262 valence electrons. The fraction of sp³-hybridized carbons (Fsp3) is 0. The molecule has 5 heteroatoms. The number of para-hydroxylation sites is 5. The number of aromatic nitrogens is 4. The molecular weight excluding hydrogens is 685 g/mol. The van der Waals surface area contributed by atoms with Crippen LogP contribution in [0, 0.1) is 0 Å². The highest BCUT2D eigenvalue weighted by atomic mass is 16.1. The Kier molecular flexibility index (Phi) is 6.42. The minimum atomic E-state index is -0.0263. The first-order chi connectivity index (χ1) is 27.7. The zero-order valence-corrected chi connectivity index (χ0v) is 30.2. The van der Waals surface area contributed by atoms with Gasteiger partial charge in [-0.1, -0.05) is 97.1 Å². The van der Waals surface area contributed by atoms with Crippen molar-refractivity contribution < 1.29 is 0 Å². The average molecular weight is 717 g/mol. The molecular formula is C51H32N4O. The Hall–Kier alpha value is -7.63. The number of nitrogens with zero attached hydrogens (tertiary/aromatic N) is 4. The van der Waals surface area contributed by atoms with Crippen molar-refractivity contribution in [3.63, 3.8) is 0 Å². The summed E-state index contributed by atoms with van der Waals surface area (Å²) < 4.78 is 8.78. The molecule has 0 saturated heterocycles. The van der Waals surface area contributed by atoms with E-state index >= 15 is 0 Å². The molecule has 5 nitrogen and oxygen atoms in total. The van der Waals surface area contributed by atoms with Gasteiger partial charge in [-0.3, -0.25) is 13.8 Å². The smallest absolute Gasteiger partial charge is 0.266 e. The molecule has 0 amide bonds. The van der Waals surface area contributed by atoms with E-state index in [4.69, 9.17) is 0 Å². The number of fused-ring (bicyclic) bond motifs is 11. The SMILES string of the molecule is O=c1c2ccccc2n2c3ccc(-n4c5ccccc5c5cc(-c6ccc7c(c6)c6ccccc6n7-c6ccccc6)ccc54)cc3cc2n1-c1ccccc1. The molecule has 0 aliphatic heterocycles. The van der Waals surface area contributed by atoms with Crippen molar-refractivity contribution in [2.24, 2.45) is 0 Å². The number of benzene rings is 8. The first-order valence-corrected chi connectivity index (χ1v) is 19.0. The van der Waals surface area contributed by atoms with Crippen molar-refractivity contribution in [3.05, 3.63) is 204 Å². The summed E-state index contributed by atoms with van der Waals surface area (Å²) in [6.07, 6.45) is 0. The van der Waals surface area contributed by atoms with Gasteiger partial charge >= 0.3 is 0 Å². The summed E-state index contributed by atoms with van der Waals surface area (Å²) in [4.78, 5) is 14.0. The molecule has 56 heavy (non-hydrogen) atoms. The Morgan fingerprint density at radius 1 is 0.304 bits per heavy atom. The maximum atomic E-state index is 14.0. The first kappa shape index (κ1) is 30.8. The molecule has 0 unspecified atom stereocenters. The molecule has 0 aliphatic carbocycles. The van der Waals surface area contributed by atoms with Gasteiger partial charge in [-0.05, 0) is 108 Å². The van der Waals surface area contributed by atoms with Crippen molar-refractivity contribution in [1.82, 2.24) is 18.1 Å². The lowest BCUT2D eigenvalue weighted by Crippen LogP contribution is -2.20. The first-order valence-electron chi connectivity index (χ1n) is 19.0. The van der Waals surface area contributed by atoms with Gasteiger partial charge in [0.2, 0.25) is 0 Å². The zero-order valence-electron chi connectivity index (χ0n) is 30.2. The maximum Gasteiger partial charge on any atom is 0.266 e. The highest BCUT2D eigenvalue weighted by Crippen LogP contribution is 2.39. The lowest BCUT2D eigenvalue weighted by Gasteiger charge is -2.12. The van der Waals surface area contributed by atoms with Crippen molar-refractivity contribution in [2.45, 2.75) is 0 Å². The van der Waals surface area contributed by atoms with E-state index in [1.54, 1.807) is 0 Å². The summed E-state index contributed by atoms with van der Waals surface area (Å²) in [7, 11) is 0. The van der Waals surface area contributed by atoms with Gasteiger partial charge in [0, 0.05) is 38.3 Å². The largest absolute Gasteiger partial charge is 0.309 e. The van der Waals surface area contributed by atoms with E-state index in [-0.39, 0.29) is 5.56 Å². The van der Waals surface area contributed by atoms with Gasteiger partial charge in [0.15, 0.2) is 0 Å². The zero-order chi connectivity index (χ0) is 36.9. The molecule has 0 radical (unpaired) electrons. The van der Waals surface area contributed by atoms with Crippen molar-refractivity contribution in [2.75, 3.05) is 0 Å². The van der Waals surface area contributed by atoms with Gasteiger partial charge in [-0.25, -0.2) is 0 Å². The monoisotopic (exact) mass is 716 g/mol. The predicted octanol–water partition coefficient (Wildman–Crippen LogP) is 12.3. The van der Waals surface area contributed by atoms with Gasteiger partial charge in [-0.2, -0.15) is 0 Å². The van der Waals surface area contributed by atoms with Crippen LogP contribution in [0.5, 0.6) is 0 Å². The van der Waals surface area contributed by atoms with E-state index in [0.717, 1.165) is 50.2 Å². The van der Waals surface area contributed by atoms with E-state index in [9.17, 15) is 4.79 Å². The third-order valence-electron chi connectivity index (χ3n) is 11.5. The lowest BCUT2D eigenvalue weighted by atomic mass is 10.0. The van der Waals surface area contributed by atoms with E-state index in [0.29, 0.717) is 5.39 Å². The highest BCUT2D eigenvalue weighted by Gasteiger charge is 2.19. The van der Waals surface area contributed by atoms with Crippen LogP contribution in [0.1, 0.15) is 0 Å². The molecule has 0 fully saturated rings. The predicted molar refractivity (Wildman–Crippen MR) is 232 cm³/mol. The number of hydrogen-bond donors (Lipinski definition) is 0. The van der Waals surface area contributed by atoms with E-state index in [1.165, 1.54) is 43.7 Å². The third-order valence-corrected chi connectivity index (χ3v) is 11.5. The molecule has 0 bridgehead atoms. The lowest BCUT2D eigenvalue weighted by molar-refractivity contribution is 1.01. The molecule has 0 spiro atoms. The molecule has 12 rings (SSSR count). The molecule has 4 heterocycles. The van der Waals surface area contributed by atoms with Crippen LogP contribution >= 0.6 is 0 Å². The van der Waals surface area contributed by atoms with Gasteiger partial charge in [-0.15, -0.1) is 0 Å². The normalized spacial score (nSPS) is 12.0. The van der Waals surface area contributed by atoms with Gasteiger partial charge in [0.05, 0.1) is 44.2 Å². The van der Waals surface area contributed by atoms with Gasteiger partial charge < -0.3 is 9.13 Å². The summed E-state index contributed by atoms with van der Waals surface area (Å²) in [5.74, 6) is 0. The second-order valence-corrected chi connectivity index (χ2v) is 14.6. The Labute approximate surface area is 320 Å².